The normalized spacial score (nSPS) is 10.4. The number of carbonyl (C=O) groups is 2. The Kier molecular flexibility index (Phi) is 3.04. The SMILES string of the molecule is NC(=O)COC(=O)Cc1noc2ccccc12. The van der Waals surface area contributed by atoms with Crippen LogP contribution in [0.4, 0.5) is 0 Å². The van der Waals surface area contributed by atoms with E-state index in [1.807, 2.05) is 12.1 Å². The number of nitrogens with two attached hydrogens (primary N) is 1. The molecule has 0 aliphatic heterocycles. The molecule has 0 fully saturated rings. The summed E-state index contributed by atoms with van der Waals surface area (Å²) in [4.78, 5) is 21.8. The van der Waals surface area contributed by atoms with Crippen LogP contribution in [0.15, 0.2) is 28.8 Å². The van der Waals surface area contributed by atoms with Gasteiger partial charge in [-0.1, -0.05) is 17.3 Å². The van der Waals surface area contributed by atoms with Crippen LogP contribution in [0.1, 0.15) is 5.69 Å². The number of ether oxygens (including phenoxy) is 1. The van der Waals surface area contributed by atoms with Crippen molar-refractivity contribution in [2.45, 2.75) is 6.42 Å². The maximum Gasteiger partial charge on any atom is 0.312 e. The van der Waals surface area contributed by atoms with Gasteiger partial charge in [0.25, 0.3) is 5.91 Å². The van der Waals surface area contributed by atoms with Gasteiger partial charge in [0.05, 0.1) is 6.42 Å². The summed E-state index contributed by atoms with van der Waals surface area (Å²) in [6.07, 6.45) is -0.0513. The van der Waals surface area contributed by atoms with Gasteiger partial charge in [-0.15, -0.1) is 0 Å². The molecule has 0 bridgehead atoms. The molecular formula is C11H10N2O4. The van der Waals surface area contributed by atoms with Crippen LogP contribution in [-0.2, 0) is 20.7 Å². The molecule has 0 atom stereocenters. The van der Waals surface area contributed by atoms with E-state index in [-0.39, 0.29) is 6.42 Å². The smallest absolute Gasteiger partial charge is 0.312 e. The zero-order valence-electron chi connectivity index (χ0n) is 8.88. The molecule has 1 aromatic carbocycles. The number of amides is 1. The summed E-state index contributed by atoms with van der Waals surface area (Å²) < 4.78 is 9.66. The average Bonchev–Trinajstić information content (AvgIpc) is 2.70. The van der Waals surface area contributed by atoms with Gasteiger partial charge >= 0.3 is 5.97 Å². The Morgan fingerprint density at radius 2 is 2.12 bits per heavy atom. The van der Waals surface area contributed by atoms with Crippen molar-refractivity contribution in [3.05, 3.63) is 30.0 Å². The van der Waals surface area contributed by atoms with Crippen molar-refractivity contribution in [3.8, 4) is 0 Å². The molecule has 0 aliphatic carbocycles. The predicted molar refractivity (Wildman–Crippen MR) is 57.9 cm³/mol. The molecule has 6 nitrogen and oxygen atoms in total. The predicted octanol–water partition coefficient (Wildman–Crippen LogP) is 0.399. The molecule has 0 saturated carbocycles. The Balaban J connectivity index is 2.08. The van der Waals surface area contributed by atoms with Crippen molar-refractivity contribution < 1.29 is 18.8 Å². The van der Waals surface area contributed by atoms with E-state index in [4.69, 9.17) is 10.3 Å². The number of fused-ring (bicyclic) bond motifs is 1. The van der Waals surface area contributed by atoms with Gasteiger partial charge in [0.1, 0.15) is 5.69 Å². The van der Waals surface area contributed by atoms with Crippen LogP contribution >= 0.6 is 0 Å². The zero-order chi connectivity index (χ0) is 12.3. The summed E-state index contributed by atoms with van der Waals surface area (Å²) in [5.41, 5.74) is 5.94. The van der Waals surface area contributed by atoms with E-state index in [0.717, 1.165) is 5.39 Å². The first-order valence-electron chi connectivity index (χ1n) is 4.94. The highest BCUT2D eigenvalue weighted by Gasteiger charge is 2.13. The summed E-state index contributed by atoms with van der Waals surface area (Å²) in [5.74, 6) is -1.26. The first kappa shape index (κ1) is 11.1. The lowest BCUT2D eigenvalue weighted by atomic mass is 10.2. The molecule has 2 rings (SSSR count). The molecule has 0 unspecified atom stereocenters. The lowest BCUT2D eigenvalue weighted by Gasteiger charge is -1.99. The maximum absolute atomic E-state index is 11.3. The molecular weight excluding hydrogens is 224 g/mol. The molecule has 6 heteroatoms. The Hall–Kier alpha value is -2.37. The van der Waals surface area contributed by atoms with Crippen LogP contribution < -0.4 is 5.73 Å². The van der Waals surface area contributed by atoms with Gasteiger partial charge in [0.15, 0.2) is 12.2 Å². The van der Waals surface area contributed by atoms with Crippen LogP contribution in [0.25, 0.3) is 11.0 Å². The Morgan fingerprint density at radius 1 is 1.35 bits per heavy atom. The molecule has 0 spiro atoms. The van der Waals surface area contributed by atoms with Crippen molar-refractivity contribution in [1.29, 1.82) is 0 Å². The molecule has 0 saturated heterocycles. The summed E-state index contributed by atoms with van der Waals surface area (Å²) in [6.45, 7) is -0.422. The number of hydrogen-bond donors (Lipinski definition) is 1. The van der Waals surface area contributed by atoms with E-state index in [9.17, 15) is 9.59 Å². The van der Waals surface area contributed by atoms with Crippen molar-refractivity contribution in [2.75, 3.05) is 6.61 Å². The van der Waals surface area contributed by atoms with Crippen molar-refractivity contribution >= 4 is 22.8 Å². The van der Waals surface area contributed by atoms with Gasteiger partial charge in [0.2, 0.25) is 0 Å². The average molecular weight is 234 g/mol. The largest absolute Gasteiger partial charge is 0.455 e. The summed E-state index contributed by atoms with van der Waals surface area (Å²) >= 11 is 0. The highest BCUT2D eigenvalue weighted by atomic mass is 16.5. The third-order valence-corrected chi connectivity index (χ3v) is 2.14. The number of nitrogens with zero attached hydrogens (tertiary/aromatic N) is 1. The standard InChI is InChI=1S/C11H10N2O4/c12-10(14)6-16-11(15)5-8-7-3-1-2-4-9(7)17-13-8/h1-4H,5-6H2,(H2,12,14). The molecule has 88 valence electrons. The van der Waals surface area contributed by atoms with E-state index in [2.05, 4.69) is 9.89 Å². The second kappa shape index (κ2) is 4.65. The second-order valence-electron chi connectivity index (χ2n) is 3.43. The fourth-order valence-corrected chi connectivity index (χ4v) is 1.40. The molecule has 2 N–H and O–H groups in total. The van der Waals surface area contributed by atoms with Crippen LogP contribution in [0.2, 0.25) is 0 Å². The van der Waals surface area contributed by atoms with Gasteiger partial charge < -0.3 is 15.0 Å². The molecule has 1 aromatic heterocycles. The Labute approximate surface area is 96.3 Å². The van der Waals surface area contributed by atoms with Gasteiger partial charge in [-0.05, 0) is 12.1 Å². The minimum Gasteiger partial charge on any atom is -0.455 e. The Morgan fingerprint density at radius 3 is 2.88 bits per heavy atom. The number of para-hydroxylation sites is 1. The highest BCUT2D eigenvalue weighted by Crippen LogP contribution is 2.18. The maximum atomic E-state index is 11.3. The van der Waals surface area contributed by atoms with Crippen LogP contribution in [0.5, 0.6) is 0 Å². The van der Waals surface area contributed by atoms with E-state index in [1.54, 1.807) is 12.1 Å². The third-order valence-electron chi connectivity index (χ3n) is 2.14. The minimum absolute atomic E-state index is 0.0513. The Bertz CT molecular complexity index is 561. The summed E-state index contributed by atoms with van der Waals surface area (Å²) in [7, 11) is 0. The van der Waals surface area contributed by atoms with E-state index in [0.29, 0.717) is 11.3 Å². The molecule has 1 amide bonds. The minimum atomic E-state index is -0.691. The second-order valence-corrected chi connectivity index (χ2v) is 3.43. The number of benzene rings is 1. The van der Waals surface area contributed by atoms with Crippen molar-refractivity contribution in [1.82, 2.24) is 5.16 Å². The molecule has 1 heterocycles. The topological polar surface area (TPSA) is 95.4 Å². The highest BCUT2D eigenvalue weighted by molar-refractivity contribution is 5.85. The van der Waals surface area contributed by atoms with Gasteiger partial charge in [-0.2, -0.15) is 0 Å². The van der Waals surface area contributed by atoms with E-state index >= 15 is 0 Å². The van der Waals surface area contributed by atoms with Gasteiger partial charge in [-0.25, -0.2) is 0 Å². The quantitative estimate of drug-likeness (QED) is 0.772. The number of aromatic nitrogens is 1. The van der Waals surface area contributed by atoms with E-state index < -0.39 is 18.5 Å². The zero-order valence-corrected chi connectivity index (χ0v) is 8.88. The fraction of sp³-hybridized carbons (Fsp3) is 0.182. The van der Waals surface area contributed by atoms with E-state index in [1.165, 1.54) is 0 Å². The number of esters is 1. The van der Waals surface area contributed by atoms with Gasteiger partial charge in [-0.3, -0.25) is 9.59 Å². The monoisotopic (exact) mass is 234 g/mol. The van der Waals surface area contributed by atoms with Crippen LogP contribution in [0, 0.1) is 0 Å². The molecule has 17 heavy (non-hydrogen) atoms. The number of rotatable bonds is 4. The lowest BCUT2D eigenvalue weighted by molar-refractivity contribution is -0.147. The third kappa shape index (κ3) is 2.60. The van der Waals surface area contributed by atoms with Gasteiger partial charge in [0, 0.05) is 5.39 Å². The number of hydrogen-bond acceptors (Lipinski definition) is 5. The molecule has 0 radical (unpaired) electrons. The first-order valence-corrected chi connectivity index (χ1v) is 4.94. The number of carbonyl (C=O) groups excluding carboxylic acids is 2. The number of primary amides is 1. The lowest BCUT2D eigenvalue weighted by Crippen LogP contribution is -2.21. The summed E-state index contributed by atoms with van der Waals surface area (Å²) in [5, 5.41) is 4.52. The van der Waals surface area contributed by atoms with Crippen LogP contribution in [0.3, 0.4) is 0 Å². The fourth-order valence-electron chi connectivity index (χ4n) is 1.40. The van der Waals surface area contributed by atoms with Crippen molar-refractivity contribution in [2.24, 2.45) is 5.73 Å². The summed E-state index contributed by atoms with van der Waals surface area (Å²) in [6, 6.07) is 7.17. The first-order chi connectivity index (χ1) is 8.16. The molecule has 2 aromatic rings. The van der Waals surface area contributed by atoms with Crippen molar-refractivity contribution in [3.63, 3.8) is 0 Å². The van der Waals surface area contributed by atoms with Crippen LogP contribution in [-0.4, -0.2) is 23.6 Å². The molecule has 0 aliphatic rings.